The van der Waals surface area contributed by atoms with E-state index in [9.17, 15) is 8.42 Å². The van der Waals surface area contributed by atoms with Crippen molar-refractivity contribution in [3.8, 4) is 0 Å². The quantitative estimate of drug-likeness (QED) is 0.846. The molecule has 4 heteroatoms. The average Bonchev–Trinajstić information content (AvgIpc) is 2.37. The normalized spacial score (nSPS) is 29.7. The van der Waals surface area contributed by atoms with Crippen LogP contribution in [-0.2, 0) is 9.84 Å². The molecule has 1 aliphatic carbocycles. The monoisotopic (exact) mass is 289 g/mol. The van der Waals surface area contributed by atoms with Crippen molar-refractivity contribution in [1.29, 1.82) is 0 Å². The van der Waals surface area contributed by atoms with Crippen molar-refractivity contribution in [2.75, 3.05) is 7.05 Å². The van der Waals surface area contributed by atoms with Gasteiger partial charge in [0.05, 0.1) is 10.5 Å². The van der Waals surface area contributed by atoms with Gasteiger partial charge in [0.25, 0.3) is 0 Å². The summed E-state index contributed by atoms with van der Waals surface area (Å²) in [5.74, 6) is 0.514. The van der Waals surface area contributed by atoms with E-state index < -0.39 is 9.84 Å². The van der Waals surface area contributed by atoms with Crippen LogP contribution in [0.25, 0.3) is 0 Å². The van der Waals surface area contributed by atoms with Crippen LogP contribution in [0.4, 0.5) is 0 Å². The Hall–Kier alpha value is -0.0900. The topological polar surface area (TPSA) is 46.2 Å². The van der Waals surface area contributed by atoms with Crippen LogP contribution in [0.2, 0.25) is 0 Å². The fourth-order valence-corrected chi connectivity index (χ4v) is 5.10. The minimum Gasteiger partial charge on any atom is -0.316 e. The van der Waals surface area contributed by atoms with E-state index in [4.69, 9.17) is 0 Å². The Balaban J connectivity index is 2.99. The van der Waals surface area contributed by atoms with Crippen LogP contribution in [0.15, 0.2) is 0 Å². The number of hydrogen-bond donors (Lipinski definition) is 1. The van der Waals surface area contributed by atoms with Gasteiger partial charge in [0.15, 0.2) is 9.84 Å². The van der Waals surface area contributed by atoms with Gasteiger partial charge in [-0.3, -0.25) is 0 Å². The van der Waals surface area contributed by atoms with Crippen molar-refractivity contribution in [2.45, 2.75) is 76.8 Å². The van der Waals surface area contributed by atoms with Gasteiger partial charge in [-0.1, -0.05) is 27.2 Å². The van der Waals surface area contributed by atoms with E-state index in [1.807, 2.05) is 7.05 Å². The predicted octanol–water partition coefficient (Wildman–Crippen LogP) is 3.00. The molecule has 0 bridgehead atoms. The summed E-state index contributed by atoms with van der Waals surface area (Å²) >= 11 is 0. The lowest BCUT2D eigenvalue weighted by Gasteiger charge is -2.43. The van der Waals surface area contributed by atoms with Crippen molar-refractivity contribution in [3.05, 3.63) is 0 Å². The fourth-order valence-electron chi connectivity index (χ4n) is 3.17. The summed E-state index contributed by atoms with van der Waals surface area (Å²) in [6.07, 6.45) is 4.03. The molecular weight excluding hydrogens is 258 g/mol. The summed E-state index contributed by atoms with van der Waals surface area (Å²) in [5, 5.41) is 2.72. The molecule has 0 aromatic carbocycles. The van der Waals surface area contributed by atoms with Gasteiger partial charge in [-0.25, -0.2) is 8.42 Å². The van der Waals surface area contributed by atoms with E-state index >= 15 is 0 Å². The first-order valence-corrected chi connectivity index (χ1v) is 9.17. The molecule has 3 nitrogen and oxygen atoms in total. The van der Waals surface area contributed by atoms with Crippen LogP contribution >= 0.6 is 0 Å². The number of hydrogen-bond acceptors (Lipinski definition) is 3. The molecule has 1 aliphatic rings. The predicted molar refractivity (Wildman–Crippen MR) is 82.1 cm³/mol. The van der Waals surface area contributed by atoms with E-state index in [2.05, 4.69) is 26.1 Å². The van der Waals surface area contributed by atoms with Crippen LogP contribution in [-0.4, -0.2) is 32.0 Å². The number of nitrogens with one attached hydrogen (secondary N) is 1. The van der Waals surface area contributed by atoms with Crippen LogP contribution in [0.1, 0.15) is 60.3 Å². The van der Waals surface area contributed by atoms with Crippen LogP contribution in [0.5, 0.6) is 0 Å². The summed E-state index contributed by atoms with van der Waals surface area (Å²) in [6, 6.07) is 0.122. The molecule has 0 aliphatic heterocycles. The number of sulfone groups is 1. The molecule has 3 unspecified atom stereocenters. The van der Waals surface area contributed by atoms with Crippen molar-refractivity contribution in [3.63, 3.8) is 0 Å². The molecule has 19 heavy (non-hydrogen) atoms. The average molecular weight is 289 g/mol. The first kappa shape index (κ1) is 17.0. The van der Waals surface area contributed by atoms with Gasteiger partial charge < -0.3 is 5.32 Å². The molecule has 1 fully saturated rings. The SMILES string of the molecule is CCC(C)(C)C1CCC(NC)C(S(=O)(=O)C(C)C)C1. The van der Waals surface area contributed by atoms with Crippen molar-refractivity contribution < 1.29 is 8.42 Å². The fraction of sp³-hybridized carbons (Fsp3) is 1.00. The Morgan fingerprint density at radius 3 is 2.26 bits per heavy atom. The molecule has 1 rings (SSSR count). The maximum absolute atomic E-state index is 12.6. The first-order valence-electron chi connectivity index (χ1n) is 7.56. The molecule has 1 N–H and O–H groups in total. The highest BCUT2D eigenvalue weighted by atomic mass is 32.2. The highest BCUT2D eigenvalue weighted by Crippen LogP contribution is 2.42. The summed E-state index contributed by atoms with van der Waals surface area (Å²) in [7, 11) is -1.14. The molecular formula is C15H31NO2S. The maximum Gasteiger partial charge on any atom is 0.157 e. The second-order valence-corrected chi connectivity index (χ2v) is 9.65. The van der Waals surface area contributed by atoms with Gasteiger partial charge in [0.2, 0.25) is 0 Å². The lowest BCUT2D eigenvalue weighted by Crippen LogP contribution is -2.50. The third-order valence-corrected chi connectivity index (χ3v) is 7.94. The summed E-state index contributed by atoms with van der Waals surface area (Å²) < 4.78 is 25.2. The molecule has 1 saturated carbocycles. The minimum absolute atomic E-state index is 0.122. The summed E-state index contributed by atoms with van der Waals surface area (Å²) in [5.41, 5.74) is 0.240. The van der Waals surface area contributed by atoms with Crippen LogP contribution in [0, 0.1) is 11.3 Å². The van der Waals surface area contributed by atoms with Gasteiger partial charge >= 0.3 is 0 Å². The highest BCUT2D eigenvalue weighted by Gasteiger charge is 2.43. The van der Waals surface area contributed by atoms with E-state index in [0.717, 1.165) is 25.7 Å². The van der Waals surface area contributed by atoms with Crippen molar-refractivity contribution >= 4 is 9.84 Å². The lowest BCUT2D eigenvalue weighted by molar-refractivity contribution is 0.140. The zero-order valence-corrected chi connectivity index (χ0v) is 14.2. The Kier molecular flexibility index (Phi) is 5.47. The zero-order valence-electron chi connectivity index (χ0n) is 13.4. The van der Waals surface area contributed by atoms with E-state index in [0.29, 0.717) is 5.92 Å². The molecule has 114 valence electrons. The molecule has 3 atom stereocenters. The molecule has 0 heterocycles. The van der Waals surface area contributed by atoms with Gasteiger partial charge in [-0.05, 0) is 51.5 Å². The van der Waals surface area contributed by atoms with E-state index in [-0.39, 0.29) is 22.0 Å². The van der Waals surface area contributed by atoms with E-state index in [1.165, 1.54) is 0 Å². The maximum atomic E-state index is 12.6. The molecule has 0 radical (unpaired) electrons. The third kappa shape index (κ3) is 3.52. The smallest absolute Gasteiger partial charge is 0.157 e. The first-order chi connectivity index (χ1) is 8.66. The van der Waals surface area contributed by atoms with Crippen molar-refractivity contribution in [1.82, 2.24) is 5.32 Å². The van der Waals surface area contributed by atoms with E-state index in [1.54, 1.807) is 13.8 Å². The molecule has 0 saturated heterocycles. The third-order valence-electron chi connectivity index (χ3n) is 5.26. The summed E-state index contributed by atoms with van der Waals surface area (Å²) in [4.78, 5) is 0. The van der Waals surface area contributed by atoms with Crippen LogP contribution < -0.4 is 5.32 Å². The zero-order chi connectivity index (χ0) is 14.8. The molecule has 0 aromatic rings. The summed E-state index contributed by atoms with van der Waals surface area (Å²) in [6.45, 7) is 10.4. The standard InChI is InChI=1S/C15H31NO2S/c1-7-15(4,5)12-8-9-13(16-6)14(10-12)19(17,18)11(2)3/h11-14,16H,7-10H2,1-6H3. The molecule has 0 spiro atoms. The molecule has 0 aromatic heterocycles. The largest absolute Gasteiger partial charge is 0.316 e. The highest BCUT2D eigenvalue weighted by molar-refractivity contribution is 7.92. The lowest BCUT2D eigenvalue weighted by atomic mass is 9.68. The second kappa shape index (κ2) is 6.13. The Bertz CT molecular complexity index is 387. The second-order valence-electron chi connectivity index (χ2n) is 6.92. The Labute approximate surface area is 119 Å². The Morgan fingerprint density at radius 2 is 1.84 bits per heavy atom. The Morgan fingerprint density at radius 1 is 1.26 bits per heavy atom. The van der Waals surface area contributed by atoms with Crippen molar-refractivity contribution in [2.24, 2.45) is 11.3 Å². The van der Waals surface area contributed by atoms with Gasteiger partial charge in [-0.2, -0.15) is 0 Å². The number of rotatable bonds is 5. The van der Waals surface area contributed by atoms with Gasteiger partial charge in [-0.15, -0.1) is 0 Å². The minimum atomic E-state index is -3.03. The van der Waals surface area contributed by atoms with Gasteiger partial charge in [0, 0.05) is 6.04 Å². The van der Waals surface area contributed by atoms with Gasteiger partial charge in [0.1, 0.15) is 0 Å². The van der Waals surface area contributed by atoms with Crippen LogP contribution in [0.3, 0.4) is 0 Å². The molecule has 0 amide bonds.